The summed E-state index contributed by atoms with van der Waals surface area (Å²) in [5.41, 5.74) is 4.05. The Morgan fingerprint density at radius 1 is 1.33 bits per heavy atom. The normalized spacial score (nSPS) is 17.5. The maximum atomic E-state index is 9.31. The zero-order chi connectivity index (χ0) is 13.0. The molecule has 2 rings (SSSR count). The Bertz CT molecular complexity index is 394. The van der Waals surface area contributed by atoms with Crippen LogP contribution in [0.2, 0.25) is 0 Å². The second kappa shape index (κ2) is 5.83. The third-order valence-electron chi connectivity index (χ3n) is 3.72. The van der Waals surface area contributed by atoms with Gasteiger partial charge in [0.2, 0.25) is 0 Å². The summed E-state index contributed by atoms with van der Waals surface area (Å²) in [6.45, 7) is 7.65. The maximum Gasteiger partial charge on any atom is 0.0579 e. The van der Waals surface area contributed by atoms with E-state index in [4.69, 9.17) is 4.74 Å². The van der Waals surface area contributed by atoms with Crippen molar-refractivity contribution in [1.29, 1.82) is 0 Å². The quantitative estimate of drug-likeness (QED) is 0.750. The molecule has 0 radical (unpaired) electrons. The maximum absolute atomic E-state index is 9.31. The number of ether oxygens (including phenoxy) is 1. The first-order chi connectivity index (χ1) is 8.65. The number of hydrogen-bond donors (Lipinski definition) is 2. The van der Waals surface area contributed by atoms with E-state index in [1.807, 2.05) is 0 Å². The van der Waals surface area contributed by atoms with Crippen molar-refractivity contribution in [3.63, 3.8) is 0 Å². The zero-order valence-electron chi connectivity index (χ0n) is 11.3. The van der Waals surface area contributed by atoms with Gasteiger partial charge in [-0.15, -0.1) is 0 Å². The number of hydrogen-bond acceptors (Lipinski definition) is 3. The third-order valence-corrected chi connectivity index (χ3v) is 3.72. The highest BCUT2D eigenvalue weighted by atomic mass is 16.5. The molecule has 2 N–H and O–H groups in total. The second-order valence-corrected chi connectivity index (χ2v) is 5.51. The summed E-state index contributed by atoms with van der Waals surface area (Å²) in [4.78, 5) is 0. The van der Waals surface area contributed by atoms with Crippen molar-refractivity contribution in [2.75, 3.05) is 32.9 Å². The molecule has 3 heteroatoms. The van der Waals surface area contributed by atoms with Crippen LogP contribution in [0.25, 0.3) is 0 Å². The van der Waals surface area contributed by atoms with Crippen molar-refractivity contribution in [2.45, 2.75) is 20.3 Å². The molecule has 0 atom stereocenters. The molecule has 1 aliphatic heterocycles. The molecule has 0 spiro atoms. The van der Waals surface area contributed by atoms with Crippen LogP contribution >= 0.6 is 0 Å². The molecule has 1 aromatic rings. The van der Waals surface area contributed by atoms with Gasteiger partial charge in [-0.1, -0.05) is 23.8 Å². The van der Waals surface area contributed by atoms with Crippen LogP contribution in [-0.4, -0.2) is 38.0 Å². The Balaban J connectivity index is 1.75. The average Bonchev–Trinajstić information content (AvgIpc) is 2.29. The molecule has 100 valence electrons. The molecule has 3 nitrogen and oxygen atoms in total. The van der Waals surface area contributed by atoms with E-state index >= 15 is 0 Å². The molecule has 0 aliphatic carbocycles. The molecule has 1 aliphatic rings. The summed E-state index contributed by atoms with van der Waals surface area (Å²) in [7, 11) is 0. The fourth-order valence-corrected chi connectivity index (χ4v) is 2.34. The summed E-state index contributed by atoms with van der Waals surface area (Å²) < 4.78 is 5.18. The zero-order valence-corrected chi connectivity index (χ0v) is 11.3. The molecule has 0 bridgehead atoms. The standard InChI is InChI=1S/C15H23NO2/c1-12-3-4-14(13(2)7-12)5-6-16-8-15(9-17)10-18-11-15/h3-4,7,16-17H,5-6,8-11H2,1-2H3. The summed E-state index contributed by atoms with van der Waals surface area (Å²) in [5.74, 6) is 0. The molecule has 1 aromatic carbocycles. The van der Waals surface area contributed by atoms with Gasteiger partial charge in [0.15, 0.2) is 0 Å². The Morgan fingerprint density at radius 3 is 2.67 bits per heavy atom. The highest BCUT2D eigenvalue weighted by Gasteiger charge is 2.37. The molecule has 0 amide bonds. The van der Waals surface area contributed by atoms with Crippen LogP contribution in [0, 0.1) is 19.3 Å². The predicted octanol–water partition coefficient (Wildman–Crippen LogP) is 1.44. The van der Waals surface area contributed by atoms with Gasteiger partial charge in [-0.05, 0) is 37.9 Å². The van der Waals surface area contributed by atoms with Crippen molar-refractivity contribution in [1.82, 2.24) is 5.32 Å². The van der Waals surface area contributed by atoms with Crippen molar-refractivity contribution in [2.24, 2.45) is 5.41 Å². The van der Waals surface area contributed by atoms with E-state index in [9.17, 15) is 5.11 Å². The van der Waals surface area contributed by atoms with Crippen LogP contribution in [-0.2, 0) is 11.2 Å². The number of benzene rings is 1. The van der Waals surface area contributed by atoms with Crippen LogP contribution < -0.4 is 5.32 Å². The molecule has 0 unspecified atom stereocenters. The first kappa shape index (κ1) is 13.5. The van der Waals surface area contributed by atoms with E-state index in [0.29, 0.717) is 13.2 Å². The van der Waals surface area contributed by atoms with E-state index in [2.05, 4.69) is 37.4 Å². The van der Waals surface area contributed by atoms with Crippen molar-refractivity contribution in [3.8, 4) is 0 Å². The van der Waals surface area contributed by atoms with Gasteiger partial charge in [-0.25, -0.2) is 0 Å². The Kier molecular flexibility index (Phi) is 4.38. The first-order valence-electron chi connectivity index (χ1n) is 6.61. The molecular formula is C15H23NO2. The van der Waals surface area contributed by atoms with Gasteiger partial charge in [0, 0.05) is 6.54 Å². The smallest absolute Gasteiger partial charge is 0.0579 e. The summed E-state index contributed by atoms with van der Waals surface area (Å²) in [6, 6.07) is 6.60. The Labute approximate surface area is 109 Å². The largest absolute Gasteiger partial charge is 0.396 e. The fourth-order valence-electron chi connectivity index (χ4n) is 2.34. The summed E-state index contributed by atoms with van der Waals surface area (Å²) in [5, 5.41) is 12.7. The van der Waals surface area contributed by atoms with E-state index in [1.165, 1.54) is 16.7 Å². The van der Waals surface area contributed by atoms with Gasteiger partial charge >= 0.3 is 0 Å². The van der Waals surface area contributed by atoms with Gasteiger partial charge < -0.3 is 15.2 Å². The second-order valence-electron chi connectivity index (χ2n) is 5.51. The fraction of sp³-hybridized carbons (Fsp3) is 0.600. The molecule has 0 saturated carbocycles. The highest BCUT2D eigenvalue weighted by Crippen LogP contribution is 2.25. The van der Waals surface area contributed by atoms with Gasteiger partial charge in [0.1, 0.15) is 0 Å². The molecule has 1 fully saturated rings. The SMILES string of the molecule is Cc1ccc(CCNCC2(CO)COC2)c(C)c1. The lowest BCUT2D eigenvalue weighted by Gasteiger charge is -2.40. The molecule has 18 heavy (non-hydrogen) atoms. The van der Waals surface area contributed by atoms with Crippen LogP contribution in [0.3, 0.4) is 0 Å². The van der Waals surface area contributed by atoms with Crippen molar-refractivity contribution >= 4 is 0 Å². The van der Waals surface area contributed by atoms with Crippen LogP contribution in [0.4, 0.5) is 0 Å². The molecule has 0 aromatic heterocycles. The van der Waals surface area contributed by atoms with Crippen molar-refractivity contribution < 1.29 is 9.84 Å². The van der Waals surface area contributed by atoms with Gasteiger partial charge in [-0.3, -0.25) is 0 Å². The average molecular weight is 249 g/mol. The minimum Gasteiger partial charge on any atom is -0.396 e. The van der Waals surface area contributed by atoms with E-state index in [-0.39, 0.29) is 12.0 Å². The van der Waals surface area contributed by atoms with E-state index in [0.717, 1.165) is 19.5 Å². The monoisotopic (exact) mass is 249 g/mol. The first-order valence-corrected chi connectivity index (χ1v) is 6.61. The summed E-state index contributed by atoms with van der Waals surface area (Å²) >= 11 is 0. The van der Waals surface area contributed by atoms with Gasteiger partial charge in [0.25, 0.3) is 0 Å². The number of nitrogens with one attached hydrogen (secondary N) is 1. The highest BCUT2D eigenvalue weighted by molar-refractivity contribution is 5.30. The van der Waals surface area contributed by atoms with E-state index < -0.39 is 0 Å². The molecular weight excluding hydrogens is 226 g/mol. The third kappa shape index (κ3) is 3.10. The minimum absolute atomic E-state index is 0.0255. The number of aliphatic hydroxyl groups is 1. The molecule has 1 saturated heterocycles. The van der Waals surface area contributed by atoms with Crippen LogP contribution in [0.15, 0.2) is 18.2 Å². The Hall–Kier alpha value is -0.900. The van der Waals surface area contributed by atoms with Gasteiger partial charge in [0.05, 0.1) is 25.2 Å². The van der Waals surface area contributed by atoms with Crippen molar-refractivity contribution in [3.05, 3.63) is 34.9 Å². The van der Waals surface area contributed by atoms with Crippen LogP contribution in [0.1, 0.15) is 16.7 Å². The predicted molar refractivity (Wildman–Crippen MR) is 72.8 cm³/mol. The number of aryl methyl sites for hydroxylation is 2. The van der Waals surface area contributed by atoms with Gasteiger partial charge in [-0.2, -0.15) is 0 Å². The minimum atomic E-state index is -0.0255. The lowest BCUT2D eigenvalue weighted by atomic mass is 9.87. The lowest BCUT2D eigenvalue weighted by molar-refractivity contribution is -0.134. The number of rotatable bonds is 6. The number of aliphatic hydroxyl groups excluding tert-OH is 1. The van der Waals surface area contributed by atoms with Crippen LogP contribution in [0.5, 0.6) is 0 Å². The molecule has 1 heterocycles. The lowest BCUT2D eigenvalue weighted by Crippen LogP contribution is -2.52. The Morgan fingerprint density at radius 2 is 2.11 bits per heavy atom. The topological polar surface area (TPSA) is 41.5 Å². The summed E-state index contributed by atoms with van der Waals surface area (Å²) in [6.07, 6.45) is 1.04. The van der Waals surface area contributed by atoms with E-state index in [1.54, 1.807) is 0 Å².